The van der Waals surface area contributed by atoms with E-state index in [1.165, 1.54) is 27.5 Å². The molecule has 0 bridgehead atoms. The highest BCUT2D eigenvalue weighted by Gasteiger charge is 2.34. The lowest BCUT2D eigenvalue weighted by Gasteiger charge is -2.21. The van der Waals surface area contributed by atoms with Crippen molar-refractivity contribution in [3.63, 3.8) is 0 Å². The van der Waals surface area contributed by atoms with Crippen molar-refractivity contribution in [1.82, 2.24) is 9.38 Å². The third-order valence-corrected chi connectivity index (χ3v) is 8.05. The molecule has 2 heterocycles. The maximum Gasteiger partial charge on any atom is 0.229 e. The Morgan fingerprint density at radius 3 is 2.09 bits per heavy atom. The number of anilines is 1. The second-order valence-corrected chi connectivity index (χ2v) is 12.7. The molecular weight excluding hydrogens is 470 g/mol. The second-order valence-electron chi connectivity index (χ2n) is 8.33. The predicted octanol–water partition coefficient (Wildman–Crippen LogP) is 2.97. The normalized spacial score (nSPS) is 12.6. The summed E-state index contributed by atoms with van der Waals surface area (Å²) in [5.74, 6) is 0.673. The Hall–Kier alpha value is -2.99. The molecule has 3 rings (SSSR count). The summed E-state index contributed by atoms with van der Waals surface area (Å²) < 4.78 is 69.2. The summed E-state index contributed by atoms with van der Waals surface area (Å²) in [4.78, 5) is 4.38. The lowest BCUT2D eigenvalue weighted by Crippen LogP contribution is -2.28. The highest BCUT2D eigenvalue weighted by atomic mass is 32.2. The first-order valence-electron chi connectivity index (χ1n) is 9.77. The van der Waals surface area contributed by atoms with Gasteiger partial charge in [0, 0.05) is 17.8 Å². The van der Waals surface area contributed by atoms with Gasteiger partial charge in [-0.3, -0.25) is 9.12 Å². The van der Waals surface area contributed by atoms with Crippen molar-refractivity contribution in [2.45, 2.75) is 30.4 Å². The summed E-state index contributed by atoms with van der Waals surface area (Å²) in [7, 11) is -3.15. The lowest BCUT2D eigenvalue weighted by molar-refractivity contribution is 0.356. The van der Waals surface area contributed by atoms with Crippen molar-refractivity contribution in [1.29, 1.82) is 0 Å². The third kappa shape index (κ3) is 4.58. The Labute approximate surface area is 193 Å². The van der Waals surface area contributed by atoms with Crippen LogP contribution in [0.1, 0.15) is 20.8 Å². The van der Waals surface area contributed by atoms with Crippen LogP contribution in [0.3, 0.4) is 0 Å². The highest BCUT2D eigenvalue weighted by molar-refractivity contribution is 7.93. The molecule has 1 aromatic carbocycles. The number of benzene rings is 1. The Morgan fingerprint density at radius 2 is 1.58 bits per heavy atom. The van der Waals surface area contributed by atoms with Gasteiger partial charge in [-0.1, -0.05) is 0 Å². The first-order chi connectivity index (χ1) is 15.2. The first-order valence-corrected chi connectivity index (χ1v) is 13.1. The van der Waals surface area contributed by atoms with Gasteiger partial charge in [0.15, 0.2) is 21.3 Å². The van der Waals surface area contributed by atoms with Crippen molar-refractivity contribution in [3.8, 4) is 28.5 Å². The van der Waals surface area contributed by atoms with Crippen molar-refractivity contribution >= 4 is 31.2 Å². The highest BCUT2D eigenvalue weighted by Crippen LogP contribution is 2.41. The molecule has 0 saturated heterocycles. The fourth-order valence-electron chi connectivity index (χ4n) is 3.28. The number of methoxy groups -OCH3 is 3. The van der Waals surface area contributed by atoms with E-state index in [0.717, 1.165) is 6.26 Å². The van der Waals surface area contributed by atoms with Gasteiger partial charge >= 0.3 is 0 Å². The summed E-state index contributed by atoms with van der Waals surface area (Å²) in [5.41, 5.74) is 1.65. The number of sulfonamides is 1. The van der Waals surface area contributed by atoms with Crippen LogP contribution in [-0.2, 0) is 19.9 Å². The molecule has 33 heavy (non-hydrogen) atoms. The molecule has 0 aliphatic carbocycles. The van der Waals surface area contributed by atoms with Gasteiger partial charge in [-0.05, 0) is 32.9 Å². The van der Waals surface area contributed by atoms with E-state index in [0.29, 0.717) is 16.9 Å². The van der Waals surface area contributed by atoms with E-state index in [-0.39, 0.29) is 27.8 Å². The molecule has 0 radical (unpaired) electrons. The van der Waals surface area contributed by atoms with Gasteiger partial charge in [-0.2, -0.15) is 0 Å². The van der Waals surface area contributed by atoms with Crippen LogP contribution in [0.15, 0.2) is 35.5 Å². The minimum atomic E-state index is -3.75. The van der Waals surface area contributed by atoms with Gasteiger partial charge < -0.3 is 14.2 Å². The topological polar surface area (TPSA) is 125 Å². The number of hydrogen-bond donors (Lipinski definition) is 1. The zero-order chi connectivity index (χ0) is 24.8. The summed E-state index contributed by atoms with van der Waals surface area (Å²) in [6.45, 7) is 4.83. The van der Waals surface area contributed by atoms with Crippen LogP contribution in [0.5, 0.6) is 17.2 Å². The number of ether oxygens (including phenoxy) is 3. The van der Waals surface area contributed by atoms with Crippen LogP contribution in [0, 0.1) is 0 Å². The van der Waals surface area contributed by atoms with E-state index in [1.807, 2.05) is 0 Å². The van der Waals surface area contributed by atoms with Crippen LogP contribution in [0.4, 0.5) is 5.69 Å². The van der Waals surface area contributed by atoms with E-state index >= 15 is 0 Å². The van der Waals surface area contributed by atoms with E-state index in [9.17, 15) is 16.8 Å². The monoisotopic (exact) mass is 497 g/mol. The van der Waals surface area contributed by atoms with E-state index in [4.69, 9.17) is 14.2 Å². The zero-order valence-corrected chi connectivity index (χ0v) is 21.1. The number of hydrogen-bond acceptors (Lipinski definition) is 8. The van der Waals surface area contributed by atoms with E-state index < -0.39 is 24.6 Å². The van der Waals surface area contributed by atoms with Crippen LogP contribution in [0.2, 0.25) is 0 Å². The average Bonchev–Trinajstić information content (AvgIpc) is 3.13. The van der Waals surface area contributed by atoms with Gasteiger partial charge in [-0.25, -0.2) is 21.8 Å². The zero-order valence-electron chi connectivity index (χ0n) is 19.5. The molecule has 0 amide bonds. The Kier molecular flexibility index (Phi) is 6.28. The Bertz CT molecular complexity index is 1420. The minimum Gasteiger partial charge on any atom is -0.495 e. The predicted molar refractivity (Wildman–Crippen MR) is 126 cm³/mol. The first kappa shape index (κ1) is 24.6. The van der Waals surface area contributed by atoms with Gasteiger partial charge in [0.2, 0.25) is 10.0 Å². The number of fused-ring (bicyclic) bond motifs is 1. The number of nitrogens with zero attached hydrogens (tertiary/aromatic N) is 2. The lowest BCUT2D eigenvalue weighted by atomic mass is 10.1. The fraction of sp³-hybridized carbons (Fsp3) is 0.381. The molecule has 0 atom stereocenters. The minimum absolute atomic E-state index is 0.0132. The Balaban J connectivity index is 2.33. The Morgan fingerprint density at radius 1 is 0.939 bits per heavy atom. The molecule has 0 fully saturated rings. The second kappa shape index (κ2) is 8.41. The maximum absolute atomic E-state index is 13.2. The van der Waals surface area contributed by atoms with E-state index in [1.54, 1.807) is 49.6 Å². The molecular formula is C21H27N3O7S2. The van der Waals surface area contributed by atoms with Gasteiger partial charge in [0.1, 0.15) is 16.3 Å². The van der Waals surface area contributed by atoms with Crippen LogP contribution in [-0.4, -0.2) is 58.6 Å². The molecule has 0 aliphatic heterocycles. The molecule has 0 aliphatic rings. The molecule has 0 unspecified atom stereocenters. The van der Waals surface area contributed by atoms with Crippen molar-refractivity contribution in [2.24, 2.45) is 0 Å². The number of rotatable bonds is 7. The number of nitrogens with one attached hydrogen (secondary N) is 1. The largest absolute Gasteiger partial charge is 0.495 e. The molecule has 10 nitrogen and oxygen atoms in total. The van der Waals surface area contributed by atoms with Crippen LogP contribution in [0.25, 0.3) is 16.9 Å². The maximum atomic E-state index is 13.2. The van der Waals surface area contributed by atoms with Gasteiger partial charge in [-0.15, -0.1) is 0 Å². The smallest absolute Gasteiger partial charge is 0.229 e. The van der Waals surface area contributed by atoms with Crippen molar-refractivity contribution in [3.05, 3.63) is 30.6 Å². The summed E-state index contributed by atoms with van der Waals surface area (Å²) >= 11 is 0. The number of imidazole rings is 1. The molecule has 2 aromatic heterocycles. The summed E-state index contributed by atoms with van der Waals surface area (Å²) in [6.07, 6.45) is 4.03. The molecule has 3 aromatic rings. The SMILES string of the molecule is COc1cc2ncc(-c3cc(NS(C)(=O)=O)c(OC)c(OC)c3)n2cc1S(=O)(=O)C(C)(C)C. The quantitative estimate of drug-likeness (QED) is 0.528. The van der Waals surface area contributed by atoms with Crippen molar-refractivity contribution < 1.29 is 31.0 Å². The average molecular weight is 498 g/mol. The van der Waals surface area contributed by atoms with E-state index in [2.05, 4.69) is 9.71 Å². The molecule has 0 saturated carbocycles. The molecule has 180 valence electrons. The van der Waals surface area contributed by atoms with Crippen LogP contribution >= 0.6 is 0 Å². The molecule has 1 N–H and O–H groups in total. The third-order valence-electron chi connectivity index (χ3n) is 4.96. The number of aromatic nitrogens is 2. The summed E-state index contributed by atoms with van der Waals surface area (Å²) in [6, 6.07) is 4.75. The van der Waals surface area contributed by atoms with Gasteiger partial charge in [0.25, 0.3) is 0 Å². The number of pyridine rings is 1. The molecule has 0 spiro atoms. The van der Waals surface area contributed by atoms with Crippen molar-refractivity contribution in [2.75, 3.05) is 32.3 Å². The summed E-state index contributed by atoms with van der Waals surface area (Å²) in [5, 5.41) is 0. The standard InChI is InChI=1S/C21H27N3O7S2/c1-21(2,3)33(27,28)18-12-24-15(11-22-19(24)10-16(18)29-4)13-8-14(23-32(7,25)26)20(31-6)17(9-13)30-5/h8-12,23H,1-7H3. The fourth-order valence-corrected chi connectivity index (χ4v) is 5.14. The molecule has 12 heteroatoms. The number of sulfone groups is 1. The van der Waals surface area contributed by atoms with Gasteiger partial charge in [0.05, 0.1) is 49.9 Å². The van der Waals surface area contributed by atoms with Crippen LogP contribution < -0.4 is 18.9 Å².